The number of hydrogen-bond acceptors (Lipinski definition) is 1. The summed E-state index contributed by atoms with van der Waals surface area (Å²) in [6.45, 7) is 3.60. The van der Waals surface area contributed by atoms with Crippen LogP contribution in [0.25, 0.3) is 0 Å². The van der Waals surface area contributed by atoms with Crippen LogP contribution in [0.2, 0.25) is 5.02 Å². The molecule has 2 fully saturated rings. The number of amides is 2. The maximum Gasteiger partial charge on any atom is 0.416 e. The lowest BCUT2D eigenvalue weighted by molar-refractivity contribution is -0.137. The fourth-order valence-electron chi connectivity index (χ4n) is 4.45. The van der Waals surface area contributed by atoms with Gasteiger partial charge in [-0.2, -0.15) is 13.2 Å². The molecule has 2 aliphatic heterocycles. The second-order valence-electron chi connectivity index (χ2n) is 7.65. The third-order valence-corrected chi connectivity index (χ3v) is 5.97. The standard InChI is InChI=1S/C21H20ClF3N2O/c1-11-3-4-16(22)15(9-11)17-5-6-18-19(26-20(28)27(17)18)13-7-12(2)8-14(10-13)21(23,24)25/h3-4,7-10,17-19H,5-6H2,1-2H3,(H,26,28)/t17-,18-,19+/m0/s1. The molecule has 3 atom stereocenters. The molecule has 4 rings (SSSR count). The first-order valence-electron chi connectivity index (χ1n) is 9.19. The number of carbonyl (C=O) groups excluding carboxylic acids is 1. The van der Waals surface area contributed by atoms with Crippen LogP contribution in [0.1, 0.15) is 52.7 Å². The summed E-state index contributed by atoms with van der Waals surface area (Å²) in [5.41, 5.74) is 2.26. The second-order valence-corrected chi connectivity index (χ2v) is 8.06. The fourth-order valence-corrected chi connectivity index (χ4v) is 4.69. The van der Waals surface area contributed by atoms with Crippen molar-refractivity contribution >= 4 is 17.6 Å². The van der Waals surface area contributed by atoms with Crippen LogP contribution in [0, 0.1) is 13.8 Å². The van der Waals surface area contributed by atoms with E-state index in [1.165, 1.54) is 0 Å². The van der Waals surface area contributed by atoms with Gasteiger partial charge in [-0.1, -0.05) is 40.9 Å². The quantitative estimate of drug-likeness (QED) is 0.654. The Morgan fingerprint density at radius 2 is 1.82 bits per heavy atom. The summed E-state index contributed by atoms with van der Waals surface area (Å²) in [5, 5.41) is 3.49. The maximum absolute atomic E-state index is 13.2. The number of alkyl halides is 3. The normalized spacial score (nSPS) is 24.4. The lowest BCUT2D eigenvalue weighted by atomic mass is 9.95. The highest BCUT2D eigenvalue weighted by Crippen LogP contribution is 2.46. The minimum atomic E-state index is -4.42. The Hall–Kier alpha value is -2.21. The Bertz CT molecular complexity index is 944. The van der Waals surface area contributed by atoms with E-state index in [9.17, 15) is 18.0 Å². The third-order valence-electron chi connectivity index (χ3n) is 5.62. The van der Waals surface area contributed by atoms with E-state index >= 15 is 0 Å². The van der Waals surface area contributed by atoms with E-state index in [2.05, 4.69) is 5.32 Å². The van der Waals surface area contributed by atoms with Crippen molar-refractivity contribution in [3.8, 4) is 0 Å². The summed E-state index contributed by atoms with van der Waals surface area (Å²) in [4.78, 5) is 14.5. The van der Waals surface area contributed by atoms with Gasteiger partial charge in [0, 0.05) is 5.02 Å². The molecule has 3 nitrogen and oxygen atoms in total. The molecule has 0 unspecified atom stereocenters. The highest BCUT2D eigenvalue weighted by molar-refractivity contribution is 6.31. The molecular formula is C21H20ClF3N2O. The molecule has 1 N–H and O–H groups in total. The molecule has 2 aromatic rings. The molecule has 148 valence electrons. The molecule has 0 aromatic heterocycles. The van der Waals surface area contributed by atoms with Gasteiger partial charge >= 0.3 is 12.2 Å². The summed E-state index contributed by atoms with van der Waals surface area (Å²) in [6, 6.07) is 8.60. The molecule has 2 amide bonds. The number of rotatable bonds is 2. The molecule has 2 heterocycles. The van der Waals surface area contributed by atoms with E-state index in [-0.39, 0.29) is 18.1 Å². The van der Waals surface area contributed by atoms with Crippen molar-refractivity contribution in [2.45, 2.75) is 51.0 Å². The maximum atomic E-state index is 13.2. The first-order valence-corrected chi connectivity index (χ1v) is 9.56. The van der Waals surface area contributed by atoms with Crippen molar-refractivity contribution in [3.63, 3.8) is 0 Å². The SMILES string of the molecule is Cc1cc([C@H]2NC(=O)N3[C@H](c4cc(C)ccc4Cl)CC[C@@H]23)cc(C(F)(F)F)c1. The van der Waals surface area contributed by atoms with Crippen molar-refractivity contribution in [3.05, 3.63) is 69.2 Å². The van der Waals surface area contributed by atoms with Crippen LogP contribution in [0.3, 0.4) is 0 Å². The molecule has 2 saturated heterocycles. The van der Waals surface area contributed by atoms with Crippen LogP contribution in [-0.2, 0) is 6.18 Å². The Morgan fingerprint density at radius 3 is 2.54 bits per heavy atom. The first kappa shape index (κ1) is 19.1. The number of carbonyl (C=O) groups is 1. The van der Waals surface area contributed by atoms with Gasteiger partial charge in [0.2, 0.25) is 0 Å². The Morgan fingerprint density at radius 1 is 1.07 bits per heavy atom. The van der Waals surface area contributed by atoms with Gasteiger partial charge in [-0.05, 0) is 56.0 Å². The molecule has 0 radical (unpaired) electrons. The number of halogens is 4. The van der Waals surface area contributed by atoms with Crippen LogP contribution in [0.15, 0.2) is 36.4 Å². The lowest BCUT2D eigenvalue weighted by Gasteiger charge is -2.25. The third kappa shape index (κ3) is 3.24. The monoisotopic (exact) mass is 408 g/mol. The molecule has 0 saturated carbocycles. The molecule has 7 heteroatoms. The predicted octanol–water partition coefficient (Wildman–Crippen LogP) is 5.95. The minimum absolute atomic E-state index is 0.172. The van der Waals surface area contributed by atoms with E-state index in [1.54, 1.807) is 17.9 Å². The summed E-state index contributed by atoms with van der Waals surface area (Å²) >= 11 is 6.38. The largest absolute Gasteiger partial charge is 0.416 e. The molecule has 0 spiro atoms. The molecule has 2 aromatic carbocycles. The van der Waals surface area contributed by atoms with Gasteiger partial charge in [0.15, 0.2) is 0 Å². The summed E-state index contributed by atoms with van der Waals surface area (Å²) in [6.07, 6.45) is -2.99. The van der Waals surface area contributed by atoms with Crippen molar-refractivity contribution in [2.75, 3.05) is 0 Å². The van der Waals surface area contributed by atoms with Gasteiger partial charge in [0.1, 0.15) is 0 Å². The number of benzene rings is 2. The Balaban J connectivity index is 1.69. The summed E-state index contributed by atoms with van der Waals surface area (Å²) in [5.74, 6) is 0. The zero-order chi connectivity index (χ0) is 20.2. The van der Waals surface area contributed by atoms with Gasteiger partial charge in [0.05, 0.1) is 23.7 Å². The van der Waals surface area contributed by atoms with Crippen molar-refractivity contribution in [1.29, 1.82) is 0 Å². The molecule has 28 heavy (non-hydrogen) atoms. The number of urea groups is 1. The van der Waals surface area contributed by atoms with Gasteiger partial charge in [-0.15, -0.1) is 0 Å². The summed E-state index contributed by atoms with van der Waals surface area (Å²) in [7, 11) is 0. The van der Waals surface area contributed by atoms with Crippen molar-refractivity contribution in [1.82, 2.24) is 10.2 Å². The zero-order valence-corrected chi connectivity index (χ0v) is 16.2. The van der Waals surface area contributed by atoms with E-state index in [4.69, 9.17) is 11.6 Å². The van der Waals surface area contributed by atoms with Crippen LogP contribution in [0.4, 0.5) is 18.0 Å². The van der Waals surface area contributed by atoms with Crippen LogP contribution >= 0.6 is 11.6 Å². The average Bonchev–Trinajstić information content (AvgIpc) is 3.17. The number of fused-ring (bicyclic) bond motifs is 1. The molecule has 0 bridgehead atoms. The van der Waals surface area contributed by atoms with Crippen LogP contribution in [0.5, 0.6) is 0 Å². The predicted molar refractivity (Wildman–Crippen MR) is 101 cm³/mol. The number of hydrogen-bond donors (Lipinski definition) is 1. The van der Waals surface area contributed by atoms with Crippen molar-refractivity contribution < 1.29 is 18.0 Å². The van der Waals surface area contributed by atoms with Gasteiger partial charge < -0.3 is 10.2 Å². The van der Waals surface area contributed by atoms with Gasteiger partial charge in [0.25, 0.3) is 0 Å². The number of aryl methyl sites for hydroxylation is 2. The Kier molecular flexibility index (Phi) is 4.57. The number of nitrogens with one attached hydrogen (secondary N) is 1. The first-order chi connectivity index (χ1) is 13.1. The van der Waals surface area contributed by atoms with Crippen LogP contribution in [-0.4, -0.2) is 17.0 Å². The fraction of sp³-hybridized carbons (Fsp3) is 0.381. The summed E-state index contributed by atoms with van der Waals surface area (Å²) < 4.78 is 39.7. The molecule has 0 aliphatic carbocycles. The van der Waals surface area contributed by atoms with Crippen LogP contribution < -0.4 is 5.32 Å². The molecular weight excluding hydrogens is 389 g/mol. The highest BCUT2D eigenvalue weighted by Gasteiger charge is 2.49. The van der Waals surface area contributed by atoms with Gasteiger partial charge in [-0.3, -0.25) is 0 Å². The topological polar surface area (TPSA) is 32.3 Å². The Labute approximate surface area is 166 Å². The average molecular weight is 409 g/mol. The highest BCUT2D eigenvalue weighted by atomic mass is 35.5. The molecule has 2 aliphatic rings. The number of nitrogens with zero attached hydrogens (tertiary/aromatic N) is 1. The van der Waals surface area contributed by atoms with Gasteiger partial charge in [-0.25, -0.2) is 4.79 Å². The lowest BCUT2D eigenvalue weighted by Crippen LogP contribution is -2.31. The zero-order valence-electron chi connectivity index (χ0n) is 15.5. The smallest absolute Gasteiger partial charge is 0.329 e. The second kappa shape index (κ2) is 6.69. The van der Waals surface area contributed by atoms with Crippen molar-refractivity contribution in [2.24, 2.45) is 0 Å². The van der Waals surface area contributed by atoms with E-state index in [0.29, 0.717) is 22.6 Å². The van der Waals surface area contributed by atoms with E-state index in [1.807, 2.05) is 25.1 Å². The van der Waals surface area contributed by atoms with E-state index < -0.39 is 17.8 Å². The van der Waals surface area contributed by atoms with E-state index in [0.717, 1.165) is 29.7 Å². The minimum Gasteiger partial charge on any atom is -0.329 e.